The number of fused-ring (bicyclic) bond motifs is 2. The van der Waals surface area contributed by atoms with Gasteiger partial charge in [-0.15, -0.1) is 0 Å². The average molecular weight is 407 g/mol. The van der Waals surface area contributed by atoms with Crippen LogP contribution in [0.2, 0.25) is 0 Å². The molecule has 0 aromatic heterocycles. The van der Waals surface area contributed by atoms with Gasteiger partial charge in [0.1, 0.15) is 17.8 Å². The van der Waals surface area contributed by atoms with Crippen LogP contribution in [-0.4, -0.2) is 42.9 Å². The summed E-state index contributed by atoms with van der Waals surface area (Å²) in [5.74, 6) is 0.0489. The van der Waals surface area contributed by atoms with E-state index in [0.717, 1.165) is 40.2 Å². The highest BCUT2D eigenvalue weighted by atomic mass is 16.5. The van der Waals surface area contributed by atoms with Gasteiger partial charge in [0, 0.05) is 6.54 Å². The van der Waals surface area contributed by atoms with Gasteiger partial charge in [0.15, 0.2) is 0 Å². The van der Waals surface area contributed by atoms with Crippen LogP contribution in [-0.2, 0) is 28.0 Å². The van der Waals surface area contributed by atoms with Crippen molar-refractivity contribution in [2.24, 2.45) is 0 Å². The number of methoxy groups -OCH3 is 1. The standard InChI is InChI=1S/C23H25N3O4/c1-30-19-11-5-3-8-17(19)12-14-24-20(27)15-26-21(28)23(25-22(26)29)13-6-9-16-7-2-4-10-18(16)23/h2-5,7-8,10-11H,6,9,12-15H2,1H3,(H,24,27)(H,25,29)/t23-/m1/s1. The molecule has 0 unspecified atom stereocenters. The Balaban J connectivity index is 1.40. The summed E-state index contributed by atoms with van der Waals surface area (Å²) in [5.41, 5.74) is 1.84. The fourth-order valence-electron chi connectivity index (χ4n) is 4.40. The van der Waals surface area contributed by atoms with Crippen molar-refractivity contribution in [3.05, 3.63) is 65.2 Å². The highest BCUT2D eigenvalue weighted by Gasteiger charge is 2.54. The topological polar surface area (TPSA) is 87.7 Å². The van der Waals surface area contributed by atoms with Crippen LogP contribution >= 0.6 is 0 Å². The number of amides is 4. The molecule has 1 heterocycles. The monoisotopic (exact) mass is 407 g/mol. The van der Waals surface area contributed by atoms with Crippen molar-refractivity contribution < 1.29 is 19.1 Å². The van der Waals surface area contributed by atoms with Gasteiger partial charge in [-0.05, 0) is 48.4 Å². The van der Waals surface area contributed by atoms with E-state index >= 15 is 0 Å². The van der Waals surface area contributed by atoms with Crippen LogP contribution in [0.25, 0.3) is 0 Å². The van der Waals surface area contributed by atoms with Gasteiger partial charge in [0.2, 0.25) is 5.91 Å². The highest BCUT2D eigenvalue weighted by molar-refractivity contribution is 6.09. The third kappa shape index (κ3) is 3.51. The second kappa shape index (κ2) is 8.18. The molecule has 1 saturated heterocycles. The maximum Gasteiger partial charge on any atom is 0.325 e. The SMILES string of the molecule is COc1ccccc1CCNC(=O)CN1C(=O)N[C@@]2(CCCc3ccccc32)C1=O. The first kappa shape index (κ1) is 19.9. The Labute approximate surface area is 175 Å². The third-order valence-electron chi connectivity index (χ3n) is 5.86. The predicted octanol–water partition coefficient (Wildman–Crippen LogP) is 2.14. The van der Waals surface area contributed by atoms with Gasteiger partial charge < -0.3 is 15.4 Å². The zero-order chi connectivity index (χ0) is 21.1. The number of hydrogen-bond acceptors (Lipinski definition) is 4. The summed E-state index contributed by atoms with van der Waals surface area (Å²) in [6, 6.07) is 14.8. The normalized spacial score (nSPS) is 20.1. The molecule has 4 rings (SSSR count). The van der Waals surface area contributed by atoms with E-state index in [1.165, 1.54) is 0 Å². The van der Waals surface area contributed by atoms with Crippen LogP contribution in [0.15, 0.2) is 48.5 Å². The fraction of sp³-hybridized carbons (Fsp3) is 0.348. The molecule has 1 aliphatic heterocycles. The van der Waals surface area contributed by atoms with Crippen molar-refractivity contribution >= 4 is 17.8 Å². The van der Waals surface area contributed by atoms with Gasteiger partial charge in [0.25, 0.3) is 5.91 Å². The van der Waals surface area contributed by atoms with E-state index < -0.39 is 11.6 Å². The number of rotatable bonds is 6. The molecule has 2 aromatic rings. The predicted molar refractivity (Wildman–Crippen MR) is 111 cm³/mol. The number of urea groups is 1. The summed E-state index contributed by atoms with van der Waals surface area (Å²) < 4.78 is 5.31. The van der Waals surface area contributed by atoms with E-state index in [2.05, 4.69) is 10.6 Å². The van der Waals surface area contributed by atoms with Gasteiger partial charge in [-0.1, -0.05) is 42.5 Å². The molecule has 7 heteroatoms. The minimum absolute atomic E-state index is 0.291. The quantitative estimate of drug-likeness (QED) is 0.719. The fourth-order valence-corrected chi connectivity index (χ4v) is 4.40. The molecule has 4 amide bonds. The number of imide groups is 1. The van der Waals surface area contributed by atoms with Crippen molar-refractivity contribution in [1.82, 2.24) is 15.5 Å². The third-order valence-corrected chi connectivity index (χ3v) is 5.86. The molecule has 1 atom stereocenters. The molecule has 2 aliphatic rings. The number of benzene rings is 2. The van der Waals surface area contributed by atoms with Gasteiger partial charge in [-0.3, -0.25) is 14.5 Å². The van der Waals surface area contributed by atoms with Gasteiger partial charge in [0.05, 0.1) is 7.11 Å². The molecule has 2 aromatic carbocycles. The molecular formula is C23H25N3O4. The first-order chi connectivity index (χ1) is 14.5. The highest BCUT2D eigenvalue weighted by Crippen LogP contribution is 2.39. The Bertz CT molecular complexity index is 990. The number of carbonyl (C=O) groups is 3. The van der Waals surface area contributed by atoms with Gasteiger partial charge in [-0.2, -0.15) is 0 Å². The first-order valence-electron chi connectivity index (χ1n) is 10.2. The Kier molecular flexibility index (Phi) is 5.44. The smallest absolute Gasteiger partial charge is 0.325 e. The Morgan fingerprint density at radius 3 is 2.77 bits per heavy atom. The van der Waals surface area contributed by atoms with Crippen LogP contribution in [0.3, 0.4) is 0 Å². The molecule has 156 valence electrons. The number of carbonyl (C=O) groups excluding carboxylic acids is 3. The van der Waals surface area contributed by atoms with E-state index in [9.17, 15) is 14.4 Å². The van der Waals surface area contributed by atoms with E-state index in [1.807, 2.05) is 48.5 Å². The second-order valence-corrected chi connectivity index (χ2v) is 7.65. The first-order valence-corrected chi connectivity index (χ1v) is 10.2. The summed E-state index contributed by atoms with van der Waals surface area (Å²) in [6.07, 6.45) is 2.82. The molecular weight excluding hydrogens is 382 g/mol. The largest absolute Gasteiger partial charge is 0.496 e. The zero-order valence-corrected chi connectivity index (χ0v) is 16.9. The van der Waals surface area contributed by atoms with Crippen molar-refractivity contribution in [3.63, 3.8) is 0 Å². The minimum atomic E-state index is -1.05. The van der Waals surface area contributed by atoms with Crippen molar-refractivity contribution in [3.8, 4) is 5.75 Å². The van der Waals surface area contributed by atoms with E-state index in [0.29, 0.717) is 19.4 Å². The van der Waals surface area contributed by atoms with E-state index in [4.69, 9.17) is 4.74 Å². The lowest BCUT2D eigenvalue weighted by molar-refractivity contribution is -0.135. The van der Waals surface area contributed by atoms with Crippen molar-refractivity contribution in [2.75, 3.05) is 20.2 Å². The summed E-state index contributed by atoms with van der Waals surface area (Å²) in [4.78, 5) is 39.3. The summed E-state index contributed by atoms with van der Waals surface area (Å²) in [7, 11) is 1.61. The molecule has 1 fully saturated rings. The van der Waals surface area contributed by atoms with E-state index in [1.54, 1.807) is 7.11 Å². The van der Waals surface area contributed by atoms with Crippen molar-refractivity contribution in [2.45, 2.75) is 31.2 Å². The molecule has 2 N–H and O–H groups in total. The van der Waals surface area contributed by atoms with Gasteiger partial charge >= 0.3 is 6.03 Å². The number of para-hydroxylation sites is 1. The maximum atomic E-state index is 13.2. The van der Waals surface area contributed by atoms with E-state index in [-0.39, 0.29) is 18.4 Å². The summed E-state index contributed by atoms with van der Waals surface area (Å²) >= 11 is 0. The number of hydrogen-bond donors (Lipinski definition) is 2. The molecule has 0 radical (unpaired) electrons. The summed E-state index contributed by atoms with van der Waals surface area (Å²) in [5, 5.41) is 5.66. The van der Waals surface area contributed by atoms with Crippen LogP contribution in [0.4, 0.5) is 4.79 Å². The van der Waals surface area contributed by atoms with Gasteiger partial charge in [-0.25, -0.2) is 4.79 Å². The molecule has 1 spiro atoms. The van der Waals surface area contributed by atoms with Crippen LogP contribution in [0.1, 0.15) is 29.5 Å². The van der Waals surface area contributed by atoms with Crippen molar-refractivity contribution in [1.29, 1.82) is 0 Å². The molecule has 7 nitrogen and oxygen atoms in total. The average Bonchev–Trinajstić information content (AvgIpc) is 2.99. The number of aryl methyl sites for hydroxylation is 1. The summed E-state index contributed by atoms with van der Waals surface area (Å²) in [6.45, 7) is 0.0946. The Morgan fingerprint density at radius 1 is 1.17 bits per heavy atom. The number of ether oxygens (including phenoxy) is 1. The molecule has 0 bridgehead atoms. The Hall–Kier alpha value is -3.35. The lowest BCUT2D eigenvalue weighted by atomic mass is 9.76. The zero-order valence-electron chi connectivity index (χ0n) is 16.9. The number of nitrogens with one attached hydrogen (secondary N) is 2. The van der Waals surface area contributed by atoms with Crippen LogP contribution < -0.4 is 15.4 Å². The molecule has 0 saturated carbocycles. The second-order valence-electron chi connectivity index (χ2n) is 7.65. The lowest BCUT2D eigenvalue weighted by Gasteiger charge is -2.33. The Morgan fingerprint density at radius 2 is 1.93 bits per heavy atom. The number of nitrogens with zero attached hydrogens (tertiary/aromatic N) is 1. The van der Waals surface area contributed by atoms with Crippen LogP contribution in [0, 0.1) is 0 Å². The molecule has 1 aliphatic carbocycles. The van der Waals surface area contributed by atoms with Crippen LogP contribution in [0.5, 0.6) is 5.75 Å². The molecule has 30 heavy (non-hydrogen) atoms. The lowest BCUT2D eigenvalue weighted by Crippen LogP contribution is -2.47. The minimum Gasteiger partial charge on any atom is -0.496 e. The maximum absolute atomic E-state index is 13.2.